The second-order valence-electron chi connectivity index (χ2n) is 5.23. The molecule has 5 heteroatoms. The van der Waals surface area contributed by atoms with Gasteiger partial charge in [-0.05, 0) is 29.3 Å². The fourth-order valence-corrected chi connectivity index (χ4v) is 2.25. The maximum Gasteiger partial charge on any atom is 0.338 e. The van der Waals surface area contributed by atoms with Crippen LogP contribution in [0.25, 0.3) is 11.6 Å². The highest BCUT2D eigenvalue weighted by molar-refractivity contribution is 6.21. The number of anilines is 1. The molecule has 2 N–H and O–H groups in total. The molecule has 2 rings (SSSR count). The summed E-state index contributed by atoms with van der Waals surface area (Å²) in [6, 6.07) is 16.9. The Balaban J connectivity index is 2.19. The van der Waals surface area contributed by atoms with Crippen LogP contribution in [0.2, 0.25) is 0 Å². The standard InChI is InChI=1S/C19H20ClNO3/c1-24-19(23)18(15-5-3-2-4-6-15)11-14-7-9-16(10-8-14)21-13-17(22)12-20/h2-11,17,21-22H,12-13H2,1H3. The Morgan fingerprint density at radius 1 is 1.21 bits per heavy atom. The number of halogens is 1. The average Bonchev–Trinajstić information content (AvgIpc) is 2.65. The maximum atomic E-state index is 12.1. The van der Waals surface area contributed by atoms with E-state index in [0.29, 0.717) is 12.1 Å². The summed E-state index contributed by atoms with van der Waals surface area (Å²) in [6.45, 7) is 0.385. The fourth-order valence-electron chi connectivity index (χ4n) is 2.14. The minimum atomic E-state index is -0.588. The lowest BCUT2D eigenvalue weighted by atomic mass is 10.0. The number of benzene rings is 2. The van der Waals surface area contributed by atoms with E-state index >= 15 is 0 Å². The molecule has 0 aliphatic rings. The van der Waals surface area contributed by atoms with E-state index < -0.39 is 6.10 Å². The van der Waals surface area contributed by atoms with Crippen LogP contribution in [0.4, 0.5) is 5.69 Å². The predicted molar refractivity (Wildman–Crippen MR) is 98.0 cm³/mol. The summed E-state index contributed by atoms with van der Waals surface area (Å²) in [5, 5.41) is 12.5. The predicted octanol–water partition coefficient (Wildman–Crippen LogP) is 3.41. The molecule has 2 aromatic carbocycles. The summed E-state index contributed by atoms with van der Waals surface area (Å²) in [6.07, 6.45) is 1.20. The van der Waals surface area contributed by atoms with Gasteiger partial charge < -0.3 is 15.2 Å². The van der Waals surface area contributed by atoms with Crippen molar-refractivity contribution in [1.82, 2.24) is 0 Å². The van der Waals surface area contributed by atoms with Crippen molar-refractivity contribution >= 4 is 34.9 Å². The van der Waals surface area contributed by atoms with Crippen LogP contribution in [0.5, 0.6) is 0 Å². The Labute approximate surface area is 146 Å². The molecule has 0 radical (unpaired) electrons. The van der Waals surface area contributed by atoms with Crippen molar-refractivity contribution in [2.45, 2.75) is 6.10 Å². The highest BCUT2D eigenvalue weighted by Crippen LogP contribution is 2.20. The molecule has 2 aromatic rings. The third-order valence-corrected chi connectivity index (χ3v) is 3.79. The smallest absolute Gasteiger partial charge is 0.338 e. The van der Waals surface area contributed by atoms with Crippen molar-refractivity contribution in [3.05, 3.63) is 65.7 Å². The van der Waals surface area contributed by atoms with Crippen molar-refractivity contribution in [3.63, 3.8) is 0 Å². The SMILES string of the molecule is COC(=O)C(=Cc1ccc(NCC(O)CCl)cc1)c1ccccc1. The van der Waals surface area contributed by atoms with Crippen LogP contribution in [0.1, 0.15) is 11.1 Å². The molecule has 0 amide bonds. The number of alkyl halides is 1. The first-order valence-electron chi connectivity index (χ1n) is 7.57. The molecule has 4 nitrogen and oxygen atoms in total. The van der Waals surface area contributed by atoms with Gasteiger partial charge in [0, 0.05) is 12.2 Å². The lowest BCUT2D eigenvalue weighted by Crippen LogP contribution is -2.20. The van der Waals surface area contributed by atoms with Gasteiger partial charge in [-0.25, -0.2) is 4.79 Å². The monoisotopic (exact) mass is 345 g/mol. The summed E-state index contributed by atoms with van der Waals surface area (Å²) in [4.78, 5) is 12.1. The van der Waals surface area contributed by atoms with Crippen LogP contribution in [0.3, 0.4) is 0 Å². The zero-order valence-electron chi connectivity index (χ0n) is 13.4. The van der Waals surface area contributed by atoms with Gasteiger partial charge in [-0.2, -0.15) is 0 Å². The van der Waals surface area contributed by atoms with Crippen LogP contribution in [0.15, 0.2) is 54.6 Å². The van der Waals surface area contributed by atoms with Crippen LogP contribution in [0, 0.1) is 0 Å². The molecule has 0 spiro atoms. The highest BCUT2D eigenvalue weighted by atomic mass is 35.5. The first-order chi connectivity index (χ1) is 11.6. The Bertz CT molecular complexity index is 684. The summed E-state index contributed by atoms with van der Waals surface area (Å²) in [7, 11) is 1.37. The van der Waals surface area contributed by atoms with Gasteiger partial charge in [0.25, 0.3) is 0 Å². The van der Waals surface area contributed by atoms with Gasteiger partial charge in [0.1, 0.15) is 0 Å². The number of methoxy groups -OCH3 is 1. The lowest BCUT2D eigenvalue weighted by Gasteiger charge is -2.10. The summed E-state index contributed by atoms with van der Waals surface area (Å²) in [5.41, 5.74) is 3.05. The molecule has 0 aromatic heterocycles. The van der Waals surface area contributed by atoms with Crippen molar-refractivity contribution in [2.24, 2.45) is 0 Å². The first-order valence-corrected chi connectivity index (χ1v) is 8.11. The van der Waals surface area contributed by atoms with E-state index in [1.807, 2.05) is 54.6 Å². The minimum absolute atomic E-state index is 0.188. The van der Waals surface area contributed by atoms with E-state index in [9.17, 15) is 9.90 Å². The molecule has 0 aliphatic carbocycles. The van der Waals surface area contributed by atoms with E-state index in [1.54, 1.807) is 6.08 Å². The highest BCUT2D eigenvalue weighted by Gasteiger charge is 2.12. The third-order valence-electron chi connectivity index (χ3n) is 3.43. The third kappa shape index (κ3) is 5.11. The number of carbonyl (C=O) groups is 1. The topological polar surface area (TPSA) is 58.6 Å². The van der Waals surface area contributed by atoms with Crippen LogP contribution >= 0.6 is 11.6 Å². The first kappa shape index (κ1) is 18.0. The van der Waals surface area contributed by atoms with Gasteiger partial charge in [0.2, 0.25) is 0 Å². The molecular formula is C19H20ClNO3. The molecular weight excluding hydrogens is 326 g/mol. The van der Waals surface area contributed by atoms with Gasteiger partial charge in [-0.3, -0.25) is 0 Å². The van der Waals surface area contributed by atoms with Gasteiger partial charge in [0.15, 0.2) is 0 Å². The zero-order chi connectivity index (χ0) is 17.4. The van der Waals surface area contributed by atoms with Crippen LogP contribution < -0.4 is 5.32 Å². The molecule has 0 fully saturated rings. The molecule has 24 heavy (non-hydrogen) atoms. The van der Waals surface area contributed by atoms with Crippen molar-refractivity contribution in [1.29, 1.82) is 0 Å². The molecule has 0 bridgehead atoms. The van der Waals surface area contributed by atoms with Crippen molar-refractivity contribution < 1.29 is 14.6 Å². The molecule has 0 saturated carbocycles. The number of carbonyl (C=O) groups excluding carboxylic acids is 1. The van der Waals surface area contributed by atoms with E-state index in [0.717, 1.165) is 16.8 Å². The molecule has 126 valence electrons. The maximum absolute atomic E-state index is 12.1. The summed E-state index contributed by atoms with van der Waals surface area (Å²) >= 11 is 5.56. The quantitative estimate of drug-likeness (QED) is 0.349. The largest absolute Gasteiger partial charge is 0.465 e. The second-order valence-corrected chi connectivity index (χ2v) is 5.54. The van der Waals surface area contributed by atoms with Crippen LogP contribution in [-0.4, -0.2) is 36.7 Å². The lowest BCUT2D eigenvalue weighted by molar-refractivity contribution is -0.133. The van der Waals surface area contributed by atoms with E-state index in [-0.39, 0.29) is 11.8 Å². The van der Waals surface area contributed by atoms with Crippen molar-refractivity contribution in [3.8, 4) is 0 Å². The molecule has 0 aliphatic heterocycles. The number of hydrogen-bond donors (Lipinski definition) is 2. The Hall–Kier alpha value is -2.30. The van der Waals surface area contributed by atoms with E-state index in [4.69, 9.17) is 16.3 Å². The number of ether oxygens (including phenoxy) is 1. The second kappa shape index (κ2) is 9.11. The van der Waals surface area contributed by atoms with Gasteiger partial charge in [-0.1, -0.05) is 42.5 Å². The van der Waals surface area contributed by atoms with Crippen molar-refractivity contribution in [2.75, 3.05) is 24.9 Å². The van der Waals surface area contributed by atoms with Gasteiger partial charge >= 0.3 is 5.97 Å². The zero-order valence-corrected chi connectivity index (χ0v) is 14.2. The van der Waals surface area contributed by atoms with Gasteiger partial charge in [-0.15, -0.1) is 11.6 Å². The average molecular weight is 346 g/mol. The number of aliphatic hydroxyl groups excluding tert-OH is 1. The Morgan fingerprint density at radius 2 is 1.88 bits per heavy atom. The number of nitrogens with one attached hydrogen (secondary N) is 1. The number of hydrogen-bond acceptors (Lipinski definition) is 4. The fraction of sp³-hybridized carbons (Fsp3) is 0.211. The minimum Gasteiger partial charge on any atom is -0.465 e. The number of rotatable bonds is 7. The summed E-state index contributed by atoms with van der Waals surface area (Å²) in [5.74, 6) is -0.193. The van der Waals surface area contributed by atoms with E-state index in [1.165, 1.54) is 7.11 Å². The Kier molecular flexibility index (Phi) is 6.85. The summed E-state index contributed by atoms with van der Waals surface area (Å²) < 4.78 is 4.88. The normalized spacial score (nSPS) is 12.5. The molecule has 1 unspecified atom stereocenters. The molecule has 0 saturated heterocycles. The molecule has 0 heterocycles. The number of aliphatic hydroxyl groups is 1. The van der Waals surface area contributed by atoms with Gasteiger partial charge in [0.05, 0.1) is 24.7 Å². The van der Waals surface area contributed by atoms with Crippen LogP contribution in [-0.2, 0) is 9.53 Å². The molecule has 1 atom stereocenters. The Morgan fingerprint density at radius 3 is 2.46 bits per heavy atom. The number of esters is 1. The van der Waals surface area contributed by atoms with E-state index in [2.05, 4.69) is 5.32 Å².